The van der Waals surface area contributed by atoms with Gasteiger partial charge in [0.1, 0.15) is 17.2 Å². The second kappa shape index (κ2) is 7.23. The Kier molecular flexibility index (Phi) is 5.12. The van der Waals surface area contributed by atoms with Gasteiger partial charge in [0.15, 0.2) is 0 Å². The number of benzene rings is 3. The molecule has 3 nitrogen and oxygen atoms in total. The van der Waals surface area contributed by atoms with Crippen molar-refractivity contribution in [3.05, 3.63) is 86.5 Å². The Morgan fingerprint density at radius 3 is 1.36 bits per heavy atom. The minimum Gasteiger partial charge on any atom is -0.508 e. The first-order valence-electron chi connectivity index (χ1n) is 9.51. The summed E-state index contributed by atoms with van der Waals surface area (Å²) in [5.74, 6) is 0.768. The van der Waals surface area contributed by atoms with E-state index in [2.05, 4.69) is 0 Å². The van der Waals surface area contributed by atoms with E-state index in [0.717, 1.165) is 50.1 Å². The van der Waals surface area contributed by atoms with Crippen LogP contribution in [0.15, 0.2) is 36.4 Å². The summed E-state index contributed by atoms with van der Waals surface area (Å²) in [7, 11) is 0. The van der Waals surface area contributed by atoms with Gasteiger partial charge in [0.2, 0.25) is 0 Å². The zero-order valence-corrected chi connectivity index (χ0v) is 17.4. The molecule has 3 aromatic rings. The normalized spacial score (nSPS) is 11.2. The first-order valence-corrected chi connectivity index (χ1v) is 9.51. The van der Waals surface area contributed by atoms with Crippen LogP contribution < -0.4 is 0 Å². The van der Waals surface area contributed by atoms with Gasteiger partial charge in [-0.25, -0.2) is 0 Å². The predicted molar refractivity (Wildman–Crippen MR) is 114 cm³/mol. The summed E-state index contributed by atoms with van der Waals surface area (Å²) >= 11 is 0. The lowest BCUT2D eigenvalue weighted by Crippen LogP contribution is -2.12. The Labute approximate surface area is 166 Å². The van der Waals surface area contributed by atoms with Gasteiger partial charge in [-0.2, -0.15) is 0 Å². The topological polar surface area (TPSA) is 60.7 Å². The maximum absolute atomic E-state index is 10.3. The predicted octanol–water partition coefficient (Wildman–Crippen LogP) is 5.83. The van der Waals surface area contributed by atoms with Crippen LogP contribution in [0.4, 0.5) is 0 Å². The van der Waals surface area contributed by atoms with Crippen LogP contribution in [0.25, 0.3) is 0 Å². The van der Waals surface area contributed by atoms with Crippen LogP contribution in [0.2, 0.25) is 0 Å². The van der Waals surface area contributed by atoms with Crippen LogP contribution in [0.1, 0.15) is 56.0 Å². The van der Waals surface area contributed by atoms with Crippen LogP contribution in [0.3, 0.4) is 0 Å². The molecule has 28 heavy (non-hydrogen) atoms. The lowest BCUT2D eigenvalue weighted by molar-refractivity contribution is 0.469. The fraction of sp³-hybridized carbons (Fsp3) is 0.280. The van der Waals surface area contributed by atoms with Gasteiger partial charge in [0, 0.05) is 5.92 Å². The summed E-state index contributed by atoms with van der Waals surface area (Å²) in [6.07, 6.45) is 0. The fourth-order valence-electron chi connectivity index (χ4n) is 4.19. The molecule has 0 aromatic heterocycles. The molecule has 146 valence electrons. The van der Waals surface area contributed by atoms with E-state index < -0.39 is 0 Å². The highest BCUT2D eigenvalue weighted by Crippen LogP contribution is 2.43. The smallest absolute Gasteiger partial charge is 0.119 e. The molecule has 0 atom stereocenters. The molecule has 3 N–H and O–H groups in total. The number of phenolic OH excluding ortho intramolecular Hbond substituents is 3. The molecular weight excluding hydrogens is 348 g/mol. The van der Waals surface area contributed by atoms with Crippen LogP contribution in [-0.2, 0) is 0 Å². The monoisotopic (exact) mass is 376 g/mol. The van der Waals surface area contributed by atoms with E-state index in [-0.39, 0.29) is 11.7 Å². The average Bonchev–Trinajstić information content (AvgIpc) is 2.64. The van der Waals surface area contributed by atoms with Crippen molar-refractivity contribution in [1.29, 1.82) is 0 Å². The van der Waals surface area contributed by atoms with E-state index in [1.165, 1.54) is 0 Å². The molecule has 0 heterocycles. The molecule has 3 heteroatoms. The molecule has 0 unspecified atom stereocenters. The SMILES string of the molecule is Cc1cc(O)c(C)c(C)c1C(c1ccc(O)cc1)c1c(C)cc(O)c(C)c1C. The molecule has 0 aliphatic rings. The van der Waals surface area contributed by atoms with Crippen LogP contribution >= 0.6 is 0 Å². The van der Waals surface area contributed by atoms with E-state index >= 15 is 0 Å². The standard InChI is InChI=1S/C25H28O3/c1-13-11-21(27)15(3)17(5)23(13)25(19-7-9-20(26)10-8-19)24-14(2)12-22(28)16(4)18(24)6/h7-12,25-28H,1-6H3. The number of aromatic hydroxyl groups is 3. The van der Waals surface area contributed by atoms with Crippen molar-refractivity contribution in [3.63, 3.8) is 0 Å². The zero-order chi connectivity index (χ0) is 20.7. The third-order valence-corrected chi connectivity index (χ3v) is 6.06. The molecule has 0 aliphatic carbocycles. The number of phenols is 3. The van der Waals surface area contributed by atoms with Gasteiger partial charge >= 0.3 is 0 Å². The third kappa shape index (κ3) is 3.22. The third-order valence-electron chi connectivity index (χ3n) is 6.06. The highest BCUT2D eigenvalue weighted by Gasteiger charge is 2.26. The number of rotatable bonds is 3. The van der Waals surface area contributed by atoms with E-state index in [1.54, 1.807) is 12.1 Å². The van der Waals surface area contributed by atoms with Crippen molar-refractivity contribution in [1.82, 2.24) is 0 Å². The van der Waals surface area contributed by atoms with E-state index in [9.17, 15) is 15.3 Å². The van der Waals surface area contributed by atoms with Crippen LogP contribution in [0.5, 0.6) is 17.2 Å². The largest absolute Gasteiger partial charge is 0.508 e. The zero-order valence-electron chi connectivity index (χ0n) is 17.4. The van der Waals surface area contributed by atoms with Crippen molar-refractivity contribution < 1.29 is 15.3 Å². The highest BCUT2D eigenvalue weighted by atomic mass is 16.3. The molecule has 0 bridgehead atoms. The second-order valence-electron chi connectivity index (χ2n) is 7.78. The maximum atomic E-state index is 10.3. The lowest BCUT2D eigenvalue weighted by Gasteiger charge is -2.28. The molecule has 0 fully saturated rings. The van der Waals surface area contributed by atoms with Gasteiger partial charge < -0.3 is 15.3 Å². The van der Waals surface area contributed by atoms with Crippen molar-refractivity contribution >= 4 is 0 Å². The van der Waals surface area contributed by atoms with E-state index in [4.69, 9.17) is 0 Å². The quantitative estimate of drug-likeness (QED) is 0.504. The van der Waals surface area contributed by atoms with Gasteiger partial charge in [0.05, 0.1) is 0 Å². The Morgan fingerprint density at radius 1 is 0.571 bits per heavy atom. The van der Waals surface area contributed by atoms with E-state index in [0.29, 0.717) is 11.5 Å². The minimum absolute atomic E-state index is 0.0702. The van der Waals surface area contributed by atoms with Crippen molar-refractivity contribution in [3.8, 4) is 17.2 Å². The van der Waals surface area contributed by atoms with Gasteiger partial charge in [-0.1, -0.05) is 12.1 Å². The van der Waals surface area contributed by atoms with Crippen molar-refractivity contribution in [2.24, 2.45) is 0 Å². The Hall–Kier alpha value is -2.94. The fourth-order valence-corrected chi connectivity index (χ4v) is 4.19. The summed E-state index contributed by atoms with van der Waals surface area (Å²) in [5.41, 5.74) is 9.25. The Morgan fingerprint density at radius 2 is 0.964 bits per heavy atom. The Balaban J connectivity index is 2.42. The summed E-state index contributed by atoms with van der Waals surface area (Å²) in [6.45, 7) is 12.0. The first kappa shape index (κ1) is 19.8. The van der Waals surface area contributed by atoms with Crippen LogP contribution in [0, 0.1) is 41.5 Å². The van der Waals surface area contributed by atoms with Crippen LogP contribution in [-0.4, -0.2) is 15.3 Å². The van der Waals surface area contributed by atoms with E-state index in [1.807, 2.05) is 65.8 Å². The molecule has 0 saturated heterocycles. The maximum Gasteiger partial charge on any atom is 0.119 e. The molecule has 3 aromatic carbocycles. The van der Waals surface area contributed by atoms with Gasteiger partial charge in [0.25, 0.3) is 0 Å². The molecule has 0 aliphatic heterocycles. The lowest BCUT2D eigenvalue weighted by atomic mass is 9.76. The minimum atomic E-state index is -0.0702. The number of hydrogen-bond donors (Lipinski definition) is 3. The van der Waals surface area contributed by atoms with Gasteiger partial charge in [-0.3, -0.25) is 0 Å². The highest BCUT2D eigenvalue weighted by molar-refractivity contribution is 5.60. The molecular formula is C25H28O3. The molecule has 0 spiro atoms. The van der Waals surface area contributed by atoms with Crippen molar-refractivity contribution in [2.45, 2.75) is 47.5 Å². The molecule has 0 amide bonds. The van der Waals surface area contributed by atoms with Crippen molar-refractivity contribution in [2.75, 3.05) is 0 Å². The second-order valence-corrected chi connectivity index (χ2v) is 7.78. The number of hydrogen-bond acceptors (Lipinski definition) is 3. The molecule has 0 radical (unpaired) electrons. The summed E-state index contributed by atoms with van der Waals surface area (Å²) in [5, 5.41) is 30.4. The average molecular weight is 376 g/mol. The summed E-state index contributed by atoms with van der Waals surface area (Å²) in [6, 6.07) is 11.0. The summed E-state index contributed by atoms with van der Waals surface area (Å²) < 4.78 is 0. The molecule has 3 rings (SSSR count). The molecule has 0 saturated carbocycles. The Bertz CT molecular complexity index is 983. The first-order chi connectivity index (χ1) is 13.1. The number of aryl methyl sites for hydroxylation is 2. The van der Waals surface area contributed by atoms with Gasteiger partial charge in [-0.05, 0) is 116 Å². The summed E-state index contributed by atoms with van der Waals surface area (Å²) in [4.78, 5) is 0. The van der Waals surface area contributed by atoms with Gasteiger partial charge in [-0.15, -0.1) is 0 Å².